The molecule has 26 heavy (non-hydrogen) atoms. The van der Waals surface area contributed by atoms with Crippen LogP contribution in [0, 0.1) is 0 Å². The number of nitrogens with zero attached hydrogens (tertiary/aromatic N) is 3. The number of nitrogens with one attached hydrogen (secondary N) is 1. The molecule has 1 aromatic heterocycles. The highest BCUT2D eigenvalue weighted by Crippen LogP contribution is 2.27. The average Bonchev–Trinajstić information content (AvgIpc) is 2.75. The number of piperidine rings is 1. The van der Waals surface area contributed by atoms with E-state index in [4.69, 9.17) is 4.74 Å². The van der Waals surface area contributed by atoms with E-state index in [1.807, 2.05) is 56.1 Å². The maximum Gasteiger partial charge on any atom is 0.253 e. The number of aromatic nitrogens is 2. The summed E-state index contributed by atoms with van der Waals surface area (Å²) in [6, 6.07) is 9.24. The van der Waals surface area contributed by atoms with Gasteiger partial charge in [0.25, 0.3) is 5.91 Å². The van der Waals surface area contributed by atoms with E-state index >= 15 is 0 Å². The Hall–Kier alpha value is -2.63. The zero-order valence-electron chi connectivity index (χ0n) is 16.0. The van der Waals surface area contributed by atoms with Crippen LogP contribution in [0.1, 0.15) is 50.1 Å². The van der Waals surface area contributed by atoms with Crippen LogP contribution in [-0.2, 0) is 0 Å². The van der Waals surface area contributed by atoms with E-state index in [0.29, 0.717) is 17.4 Å². The van der Waals surface area contributed by atoms with Crippen LogP contribution in [-0.4, -0.2) is 48.0 Å². The topological polar surface area (TPSA) is 67.4 Å². The molecule has 0 aliphatic carbocycles. The first-order valence-corrected chi connectivity index (χ1v) is 9.15. The Kier molecular flexibility index (Phi) is 7.38. The summed E-state index contributed by atoms with van der Waals surface area (Å²) in [5.41, 5.74) is 1.75. The fourth-order valence-corrected chi connectivity index (χ4v) is 3.01. The number of amides is 1. The summed E-state index contributed by atoms with van der Waals surface area (Å²) in [6.45, 7) is 5.49. The molecule has 1 aliphatic heterocycles. The summed E-state index contributed by atoms with van der Waals surface area (Å²) < 4.78 is 5.13. The second kappa shape index (κ2) is 9.75. The molecule has 0 saturated carbocycles. The zero-order valence-corrected chi connectivity index (χ0v) is 16.0. The highest BCUT2D eigenvalue weighted by Gasteiger charge is 2.25. The molecular formula is C20H30N4O2. The average molecular weight is 358 g/mol. The number of carbonyl (C=O) groups is 1. The molecule has 0 bridgehead atoms. The van der Waals surface area contributed by atoms with Gasteiger partial charge in [-0.25, -0.2) is 9.97 Å². The van der Waals surface area contributed by atoms with Crippen molar-refractivity contribution in [3.63, 3.8) is 0 Å². The monoisotopic (exact) mass is 358 g/mol. The van der Waals surface area contributed by atoms with Crippen molar-refractivity contribution < 1.29 is 11.0 Å². The lowest BCUT2D eigenvalue weighted by atomic mass is 9.93. The van der Waals surface area contributed by atoms with Gasteiger partial charge in [-0.3, -0.25) is 4.79 Å². The zero-order chi connectivity index (χ0) is 18.9. The van der Waals surface area contributed by atoms with Crippen LogP contribution in [0.5, 0.6) is 5.75 Å². The van der Waals surface area contributed by atoms with Gasteiger partial charge in [0.1, 0.15) is 5.75 Å². The van der Waals surface area contributed by atoms with Crippen molar-refractivity contribution in [2.75, 3.05) is 32.6 Å². The van der Waals surface area contributed by atoms with Gasteiger partial charge >= 0.3 is 0 Å². The van der Waals surface area contributed by atoms with Crippen molar-refractivity contribution in [1.29, 1.82) is 0 Å². The quantitative estimate of drug-likeness (QED) is 0.900. The first kappa shape index (κ1) is 19.7. The van der Waals surface area contributed by atoms with Crippen LogP contribution in [0.15, 0.2) is 36.5 Å². The van der Waals surface area contributed by atoms with Crippen LogP contribution in [0.25, 0.3) is 0 Å². The lowest BCUT2D eigenvalue weighted by Crippen LogP contribution is -2.38. The number of rotatable bonds is 4. The van der Waals surface area contributed by atoms with E-state index < -0.39 is 0 Å². The number of carbonyl (C=O) groups excluding carboxylic acids is 1. The normalized spacial score (nSPS) is 14.2. The molecule has 1 N–H and O–H groups in total. The van der Waals surface area contributed by atoms with Crippen molar-refractivity contribution in [1.82, 2.24) is 14.9 Å². The minimum Gasteiger partial charge on any atom is -0.497 e. The Morgan fingerprint density at radius 1 is 1.19 bits per heavy atom. The molecule has 0 radical (unpaired) electrons. The molecule has 6 nitrogen and oxygen atoms in total. The number of anilines is 1. The standard InChI is InChI=1S/C18H22N4O2.C2H6.H2/c1-19-18-20-10-7-16(21-18)13-8-11-22(12-9-13)17(23)14-3-5-15(24-2)6-4-14;1-2;/h3-7,10,13H,8-9,11-12H2,1-2H3,(H,19,20,21);1-2H3;1H. The van der Waals surface area contributed by atoms with Crippen molar-refractivity contribution >= 4 is 11.9 Å². The molecule has 2 aromatic rings. The highest BCUT2D eigenvalue weighted by atomic mass is 16.5. The molecule has 6 heteroatoms. The molecule has 3 rings (SSSR count). The van der Waals surface area contributed by atoms with Crippen molar-refractivity contribution in [3.05, 3.63) is 47.8 Å². The number of hydrogen-bond donors (Lipinski definition) is 1. The fourth-order valence-electron chi connectivity index (χ4n) is 3.01. The number of likely N-dealkylation sites (tertiary alicyclic amines) is 1. The van der Waals surface area contributed by atoms with Gasteiger partial charge < -0.3 is 15.0 Å². The molecule has 142 valence electrons. The van der Waals surface area contributed by atoms with Gasteiger partial charge in [0, 0.05) is 44.9 Å². The molecule has 0 atom stereocenters. The Bertz CT molecular complexity index is 701. The lowest BCUT2D eigenvalue weighted by Gasteiger charge is -2.31. The Labute approximate surface area is 157 Å². The maximum atomic E-state index is 12.6. The smallest absolute Gasteiger partial charge is 0.253 e. The largest absolute Gasteiger partial charge is 0.497 e. The summed E-state index contributed by atoms with van der Waals surface area (Å²) in [4.78, 5) is 23.2. The molecule has 1 aliphatic rings. The minimum atomic E-state index is 0. The molecule has 0 spiro atoms. The van der Waals surface area contributed by atoms with Gasteiger partial charge in [-0.2, -0.15) is 0 Å². The second-order valence-electron chi connectivity index (χ2n) is 5.85. The maximum absolute atomic E-state index is 12.6. The first-order chi connectivity index (χ1) is 12.7. The van der Waals surface area contributed by atoms with E-state index in [9.17, 15) is 4.79 Å². The van der Waals surface area contributed by atoms with E-state index in [1.165, 1.54) is 0 Å². The van der Waals surface area contributed by atoms with Gasteiger partial charge in [0.15, 0.2) is 0 Å². The predicted molar refractivity (Wildman–Crippen MR) is 106 cm³/mol. The lowest BCUT2D eigenvalue weighted by molar-refractivity contribution is 0.0712. The van der Waals surface area contributed by atoms with E-state index in [0.717, 1.165) is 37.4 Å². The van der Waals surface area contributed by atoms with Crippen LogP contribution >= 0.6 is 0 Å². The Morgan fingerprint density at radius 2 is 1.85 bits per heavy atom. The molecule has 1 fully saturated rings. The third-order valence-electron chi connectivity index (χ3n) is 4.44. The summed E-state index contributed by atoms with van der Waals surface area (Å²) in [7, 11) is 3.43. The van der Waals surface area contributed by atoms with Crippen LogP contribution < -0.4 is 10.1 Å². The summed E-state index contributed by atoms with van der Waals surface area (Å²) in [5.74, 6) is 1.85. The van der Waals surface area contributed by atoms with Crippen molar-refractivity contribution in [3.8, 4) is 5.75 Å². The van der Waals surface area contributed by atoms with Crippen LogP contribution in [0.3, 0.4) is 0 Å². The highest BCUT2D eigenvalue weighted by molar-refractivity contribution is 5.94. The minimum absolute atomic E-state index is 0. The van der Waals surface area contributed by atoms with E-state index in [2.05, 4.69) is 15.3 Å². The third kappa shape index (κ3) is 4.71. The van der Waals surface area contributed by atoms with Gasteiger partial charge in [-0.1, -0.05) is 13.8 Å². The first-order valence-electron chi connectivity index (χ1n) is 9.15. The molecular weight excluding hydrogens is 328 g/mol. The third-order valence-corrected chi connectivity index (χ3v) is 4.44. The van der Waals surface area contributed by atoms with Gasteiger partial charge in [0.2, 0.25) is 5.95 Å². The molecule has 2 heterocycles. The Morgan fingerprint density at radius 3 is 2.42 bits per heavy atom. The number of benzene rings is 1. The van der Waals surface area contributed by atoms with Crippen molar-refractivity contribution in [2.45, 2.75) is 32.6 Å². The fraction of sp³-hybridized carbons (Fsp3) is 0.450. The molecule has 1 amide bonds. The van der Waals surface area contributed by atoms with Crippen LogP contribution in [0.2, 0.25) is 0 Å². The number of methoxy groups -OCH3 is 1. The van der Waals surface area contributed by atoms with Crippen LogP contribution in [0.4, 0.5) is 5.95 Å². The number of ether oxygens (including phenoxy) is 1. The van der Waals surface area contributed by atoms with Crippen molar-refractivity contribution in [2.24, 2.45) is 0 Å². The SMILES string of the molecule is CC.CNc1nccc(C2CCN(C(=O)c3ccc(OC)cc3)CC2)n1.[HH]. The summed E-state index contributed by atoms with van der Waals surface area (Å²) in [6.07, 6.45) is 3.62. The predicted octanol–water partition coefficient (Wildman–Crippen LogP) is 3.82. The summed E-state index contributed by atoms with van der Waals surface area (Å²) in [5, 5.41) is 2.97. The van der Waals surface area contributed by atoms with Gasteiger partial charge in [-0.15, -0.1) is 0 Å². The second-order valence-corrected chi connectivity index (χ2v) is 5.85. The van der Waals surface area contributed by atoms with E-state index in [1.54, 1.807) is 13.3 Å². The summed E-state index contributed by atoms with van der Waals surface area (Å²) >= 11 is 0. The van der Waals surface area contributed by atoms with Gasteiger partial charge in [0.05, 0.1) is 7.11 Å². The molecule has 1 aromatic carbocycles. The number of hydrogen-bond acceptors (Lipinski definition) is 5. The Balaban J connectivity index is 0.00000118. The van der Waals surface area contributed by atoms with Gasteiger partial charge in [-0.05, 0) is 43.2 Å². The molecule has 0 unspecified atom stereocenters. The van der Waals surface area contributed by atoms with E-state index in [-0.39, 0.29) is 7.33 Å². The molecule has 1 saturated heterocycles.